The predicted octanol–water partition coefficient (Wildman–Crippen LogP) is 1.78. The second-order valence-corrected chi connectivity index (χ2v) is 5.74. The smallest absolute Gasteiger partial charge is 0.326 e. The molecule has 1 aliphatic heterocycles. The third-order valence-electron chi connectivity index (χ3n) is 3.26. The highest BCUT2D eigenvalue weighted by Crippen LogP contribution is 2.28. The molecule has 6 nitrogen and oxygen atoms in total. The van der Waals surface area contributed by atoms with Crippen LogP contribution in [0.15, 0.2) is 17.8 Å². The molecule has 1 aliphatic rings. The zero-order valence-corrected chi connectivity index (χ0v) is 11.7. The van der Waals surface area contributed by atoms with E-state index in [9.17, 15) is 14.7 Å². The van der Waals surface area contributed by atoms with Crippen LogP contribution in [0.1, 0.15) is 21.1 Å². The van der Waals surface area contributed by atoms with Gasteiger partial charge in [0.15, 0.2) is 0 Å². The number of carbonyl (C=O) groups excluding carboxylic acids is 1. The number of amides is 1. The van der Waals surface area contributed by atoms with Crippen LogP contribution >= 0.6 is 22.9 Å². The lowest BCUT2D eigenvalue weighted by atomic mass is 10.0. The van der Waals surface area contributed by atoms with Gasteiger partial charge in [0.05, 0.1) is 29.3 Å². The molecule has 0 spiro atoms. The Bertz CT molecular complexity index is 681. The van der Waals surface area contributed by atoms with E-state index in [0.717, 1.165) is 5.69 Å². The van der Waals surface area contributed by atoms with Crippen molar-refractivity contribution in [3.8, 4) is 0 Å². The van der Waals surface area contributed by atoms with Crippen molar-refractivity contribution in [1.82, 2.24) is 14.9 Å². The fourth-order valence-corrected chi connectivity index (χ4v) is 3.34. The molecule has 0 radical (unpaired) electrons. The molecule has 1 atom stereocenters. The van der Waals surface area contributed by atoms with Gasteiger partial charge in [0, 0.05) is 6.42 Å². The van der Waals surface area contributed by atoms with Crippen LogP contribution in [0.3, 0.4) is 0 Å². The highest BCUT2D eigenvalue weighted by atomic mass is 35.5. The average molecular weight is 312 g/mol. The van der Waals surface area contributed by atoms with Gasteiger partial charge in [0.1, 0.15) is 10.9 Å². The first kappa shape index (κ1) is 13.1. The molecule has 20 heavy (non-hydrogen) atoms. The van der Waals surface area contributed by atoms with Gasteiger partial charge in [-0.05, 0) is 11.4 Å². The molecule has 1 unspecified atom stereocenters. The number of carboxylic acids is 1. The molecule has 0 fully saturated rings. The molecule has 3 heterocycles. The molecular weight excluding hydrogens is 302 g/mol. The second kappa shape index (κ2) is 4.92. The molecule has 104 valence electrons. The molecule has 0 aliphatic carbocycles. The third-order valence-corrected chi connectivity index (χ3v) is 4.59. The molecule has 0 bridgehead atoms. The summed E-state index contributed by atoms with van der Waals surface area (Å²) in [5, 5.41) is 11.4. The van der Waals surface area contributed by atoms with Crippen molar-refractivity contribution in [2.24, 2.45) is 0 Å². The van der Waals surface area contributed by atoms with E-state index in [4.69, 9.17) is 11.6 Å². The number of hydrogen-bond acceptors (Lipinski definition) is 4. The Balaban J connectivity index is 1.96. The zero-order chi connectivity index (χ0) is 14.3. The van der Waals surface area contributed by atoms with Crippen LogP contribution in [0.25, 0.3) is 0 Å². The van der Waals surface area contributed by atoms with Crippen molar-refractivity contribution in [2.45, 2.75) is 19.0 Å². The van der Waals surface area contributed by atoms with Gasteiger partial charge in [0.25, 0.3) is 5.91 Å². The Morgan fingerprint density at radius 1 is 1.55 bits per heavy atom. The number of aromatic amines is 1. The molecule has 0 saturated carbocycles. The van der Waals surface area contributed by atoms with Crippen LogP contribution in [0.5, 0.6) is 0 Å². The number of fused-ring (bicyclic) bond motifs is 1. The maximum Gasteiger partial charge on any atom is 0.326 e. The van der Waals surface area contributed by atoms with Crippen molar-refractivity contribution >= 4 is 34.8 Å². The van der Waals surface area contributed by atoms with Gasteiger partial charge in [-0.3, -0.25) is 4.79 Å². The number of H-pyrrole nitrogens is 1. The summed E-state index contributed by atoms with van der Waals surface area (Å²) >= 11 is 7.16. The summed E-state index contributed by atoms with van der Waals surface area (Å²) in [4.78, 5) is 32.6. The van der Waals surface area contributed by atoms with Crippen molar-refractivity contribution in [2.75, 3.05) is 0 Å². The monoisotopic (exact) mass is 311 g/mol. The number of halogens is 1. The Kier molecular flexibility index (Phi) is 3.23. The Morgan fingerprint density at radius 2 is 2.35 bits per heavy atom. The van der Waals surface area contributed by atoms with Crippen molar-refractivity contribution in [3.63, 3.8) is 0 Å². The number of rotatable bonds is 2. The Labute approximate surface area is 123 Å². The van der Waals surface area contributed by atoms with Gasteiger partial charge >= 0.3 is 5.97 Å². The standard InChI is InChI=1S/C12H10ClN3O3S/c13-6-1-2-20-10(6)11(17)16-4-8-7(14-5-15-8)3-9(16)12(18)19/h1-2,5,9H,3-4H2,(H,14,15)(H,18,19). The van der Waals surface area contributed by atoms with Crippen molar-refractivity contribution < 1.29 is 14.7 Å². The predicted molar refractivity (Wildman–Crippen MR) is 72.9 cm³/mol. The van der Waals surface area contributed by atoms with Crippen LogP contribution in [0, 0.1) is 0 Å². The quantitative estimate of drug-likeness (QED) is 0.885. The first-order valence-corrected chi connectivity index (χ1v) is 7.11. The summed E-state index contributed by atoms with van der Waals surface area (Å²) in [6.45, 7) is 0.194. The Morgan fingerprint density at radius 3 is 3.00 bits per heavy atom. The van der Waals surface area contributed by atoms with Crippen LogP contribution in [0.2, 0.25) is 5.02 Å². The van der Waals surface area contributed by atoms with Crippen LogP contribution in [-0.2, 0) is 17.8 Å². The van der Waals surface area contributed by atoms with Crippen LogP contribution < -0.4 is 0 Å². The first-order chi connectivity index (χ1) is 9.58. The zero-order valence-electron chi connectivity index (χ0n) is 10.2. The van der Waals surface area contributed by atoms with Gasteiger partial charge in [-0.25, -0.2) is 9.78 Å². The van der Waals surface area contributed by atoms with E-state index in [0.29, 0.717) is 15.6 Å². The number of thiophene rings is 1. The van der Waals surface area contributed by atoms with Gasteiger partial charge in [-0.1, -0.05) is 11.6 Å². The van der Waals surface area contributed by atoms with Gasteiger partial charge < -0.3 is 15.0 Å². The SMILES string of the molecule is O=C(O)C1Cc2nc[nH]c2CN1C(=O)c1sccc1Cl. The largest absolute Gasteiger partial charge is 0.480 e. The lowest BCUT2D eigenvalue weighted by Gasteiger charge is -2.32. The topological polar surface area (TPSA) is 86.3 Å². The number of hydrogen-bond donors (Lipinski definition) is 2. The minimum atomic E-state index is -1.04. The van der Waals surface area contributed by atoms with E-state index in [2.05, 4.69) is 9.97 Å². The maximum atomic E-state index is 12.5. The fourth-order valence-electron chi connectivity index (χ4n) is 2.25. The van der Waals surface area contributed by atoms with Crippen molar-refractivity contribution in [1.29, 1.82) is 0 Å². The molecule has 8 heteroatoms. The van der Waals surface area contributed by atoms with Gasteiger partial charge in [-0.15, -0.1) is 11.3 Å². The highest BCUT2D eigenvalue weighted by molar-refractivity contribution is 7.12. The number of carbonyl (C=O) groups is 2. The number of aromatic nitrogens is 2. The van der Waals surface area contributed by atoms with E-state index in [1.807, 2.05) is 0 Å². The number of aliphatic carboxylic acids is 1. The van der Waals surface area contributed by atoms with Gasteiger partial charge in [0.2, 0.25) is 0 Å². The first-order valence-electron chi connectivity index (χ1n) is 5.86. The lowest BCUT2D eigenvalue weighted by molar-refractivity contribution is -0.142. The summed E-state index contributed by atoms with van der Waals surface area (Å²) in [6.07, 6.45) is 1.71. The number of imidazole rings is 1. The lowest BCUT2D eigenvalue weighted by Crippen LogP contribution is -2.48. The molecular formula is C12H10ClN3O3S. The van der Waals surface area contributed by atoms with E-state index in [-0.39, 0.29) is 18.9 Å². The molecule has 2 aromatic rings. The summed E-state index contributed by atoms with van der Waals surface area (Å²) in [6, 6.07) is 0.706. The molecule has 2 aromatic heterocycles. The van der Waals surface area contributed by atoms with Crippen LogP contribution in [-0.4, -0.2) is 37.9 Å². The molecule has 1 amide bonds. The summed E-state index contributed by atoms with van der Waals surface area (Å²) in [5.41, 5.74) is 1.46. The maximum absolute atomic E-state index is 12.5. The minimum Gasteiger partial charge on any atom is -0.480 e. The summed E-state index contributed by atoms with van der Waals surface area (Å²) < 4.78 is 0. The van der Waals surface area contributed by atoms with Crippen molar-refractivity contribution in [3.05, 3.63) is 39.1 Å². The summed E-state index contributed by atoms with van der Waals surface area (Å²) in [5.74, 6) is -1.41. The number of nitrogens with one attached hydrogen (secondary N) is 1. The van der Waals surface area contributed by atoms with Gasteiger partial charge in [-0.2, -0.15) is 0 Å². The van der Waals surface area contributed by atoms with E-state index in [1.165, 1.54) is 22.6 Å². The van der Waals surface area contributed by atoms with E-state index < -0.39 is 12.0 Å². The number of carboxylic acid groups (broad SMARTS) is 1. The van der Waals surface area contributed by atoms with Crippen LogP contribution in [0.4, 0.5) is 0 Å². The summed E-state index contributed by atoms with van der Waals surface area (Å²) in [7, 11) is 0. The third kappa shape index (κ3) is 2.08. The Hall–Kier alpha value is -1.86. The number of nitrogens with zero attached hydrogens (tertiary/aromatic N) is 2. The normalized spacial score (nSPS) is 17.9. The molecule has 0 saturated heterocycles. The van der Waals surface area contributed by atoms with E-state index in [1.54, 1.807) is 11.4 Å². The molecule has 0 aromatic carbocycles. The average Bonchev–Trinajstić information content (AvgIpc) is 3.04. The van der Waals surface area contributed by atoms with E-state index >= 15 is 0 Å². The minimum absolute atomic E-state index is 0.194. The molecule has 2 N–H and O–H groups in total. The fraction of sp³-hybridized carbons (Fsp3) is 0.250. The molecule has 3 rings (SSSR count). The highest BCUT2D eigenvalue weighted by Gasteiger charge is 2.37. The second-order valence-electron chi connectivity index (χ2n) is 4.42.